The lowest BCUT2D eigenvalue weighted by atomic mass is 9.44. The number of esters is 1. The van der Waals surface area contributed by atoms with Crippen molar-refractivity contribution in [1.82, 2.24) is 0 Å². The SMILES string of the molecule is CC(=O)O[C@@H](C)[C@H]1CC[C@H]2[C@@H]3CC[C@H]4CCCC[C@]4(C)[C@H]3CC(=O)[C@]12C. The van der Waals surface area contributed by atoms with E-state index in [4.69, 9.17) is 4.74 Å². The van der Waals surface area contributed by atoms with Crippen LogP contribution in [0.15, 0.2) is 0 Å². The van der Waals surface area contributed by atoms with Crippen molar-refractivity contribution in [2.75, 3.05) is 0 Å². The molecule has 0 spiro atoms. The highest BCUT2D eigenvalue weighted by atomic mass is 16.5. The number of ether oxygens (including phenoxy) is 1. The van der Waals surface area contributed by atoms with Crippen molar-refractivity contribution in [3.05, 3.63) is 0 Å². The van der Waals surface area contributed by atoms with Crippen LogP contribution in [0.25, 0.3) is 0 Å². The standard InChI is InChI=1S/C23H36O3/c1-14(26-15(2)24)18-10-11-19-17-9-8-16-7-5-6-12-22(16,3)20(17)13-21(25)23(18,19)4/h14,16-20H,5-13H2,1-4H3/t14-,16+,17-,18+,19-,20-,22-,23+/m0/s1. The molecule has 4 saturated carbocycles. The molecule has 0 heterocycles. The first-order valence-electron chi connectivity index (χ1n) is 11.0. The highest BCUT2D eigenvalue weighted by Crippen LogP contribution is 2.66. The molecule has 3 nitrogen and oxygen atoms in total. The molecule has 26 heavy (non-hydrogen) atoms. The first-order chi connectivity index (χ1) is 12.3. The van der Waals surface area contributed by atoms with E-state index in [1.54, 1.807) is 0 Å². The fourth-order valence-corrected chi connectivity index (χ4v) is 8.13. The summed E-state index contributed by atoms with van der Waals surface area (Å²) < 4.78 is 5.55. The Balaban J connectivity index is 1.63. The van der Waals surface area contributed by atoms with Crippen LogP contribution in [-0.4, -0.2) is 17.9 Å². The summed E-state index contributed by atoms with van der Waals surface area (Å²) in [5, 5.41) is 0. The van der Waals surface area contributed by atoms with Crippen LogP contribution >= 0.6 is 0 Å². The molecule has 4 fully saturated rings. The van der Waals surface area contributed by atoms with Gasteiger partial charge in [0.1, 0.15) is 11.9 Å². The van der Waals surface area contributed by atoms with Crippen LogP contribution < -0.4 is 0 Å². The van der Waals surface area contributed by atoms with E-state index in [2.05, 4.69) is 13.8 Å². The summed E-state index contributed by atoms with van der Waals surface area (Å²) in [5.74, 6) is 3.07. The molecular formula is C23H36O3. The molecule has 0 aromatic heterocycles. The molecule has 8 atom stereocenters. The van der Waals surface area contributed by atoms with E-state index in [-0.39, 0.29) is 23.4 Å². The van der Waals surface area contributed by atoms with Gasteiger partial charge in [-0.2, -0.15) is 0 Å². The molecule has 4 aliphatic rings. The van der Waals surface area contributed by atoms with Crippen molar-refractivity contribution < 1.29 is 14.3 Å². The fraction of sp³-hybridized carbons (Fsp3) is 0.913. The Morgan fingerprint density at radius 2 is 1.85 bits per heavy atom. The van der Waals surface area contributed by atoms with Crippen molar-refractivity contribution in [2.24, 2.45) is 40.4 Å². The molecule has 0 amide bonds. The highest BCUT2D eigenvalue weighted by molar-refractivity contribution is 5.87. The second kappa shape index (κ2) is 6.34. The Labute approximate surface area is 158 Å². The second-order valence-corrected chi connectivity index (χ2v) is 10.3. The van der Waals surface area contributed by atoms with Gasteiger partial charge in [-0.3, -0.25) is 9.59 Å². The lowest BCUT2D eigenvalue weighted by Gasteiger charge is -2.60. The minimum absolute atomic E-state index is 0.149. The monoisotopic (exact) mass is 360 g/mol. The fourth-order valence-electron chi connectivity index (χ4n) is 8.13. The smallest absolute Gasteiger partial charge is 0.302 e. The summed E-state index contributed by atoms with van der Waals surface area (Å²) in [6.45, 7) is 8.20. The van der Waals surface area contributed by atoms with Gasteiger partial charge < -0.3 is 4.74 Å². The van der Waals surface area contributed by atoms with Gasteiger partial charge in [0.2, 0.25) is 0 Å². The van der Waals surface area contributed by atoms with Gasteiger partial charge in [-0.1, -0.05) is 26.7 Å². The van der Waals surface area contributed by atoms with E-state index in [9.17, 15) is 9.59 Å². The molecule has 4 aliphatic carbocycles. The maximum atomic E-state index is 13.5. The molecule has 0 aromatic carbocycles. The zero-order valence-corrected chi connectivity index (χ0v) is 17.1. The quantitative estimate of drug-likeness (QED) is 0.638. The second-order valence-electron chi connectivity index (χ2n) is 10.3. The zero-order valence-electron chi connectivity index (χ0n) is 17.1. The van der Waals surface area contributed by atoms with Crippen LogP contribution in [0, 0.1) is 40.4 Å². The van der Waals surface area contributed by atoms with E-state index in [1.165, 1.54) is 45.4 Å². The first kappa shape index (κ1) is 18.5. The third-order valence-electron chi connectivity index (χ3n) is 9.43. The molecule has 146 valence electrons. The number of carbonyl (C=O) groups is 2. The summed E-state index contributed by atoms with van der Waals surface area (Å²) in [6.07, 6.45) is 10.9. The van der Waals surface area contributed by atoms with E-state index in [0.717, 1.165) is 25.2 Å². The highest BCUT2D eigenvalue weighted by Gasteiger charge is 2.64. The van der Waals surface area contributed by atoms with Gasteiger partial charge in [0.25, 0.3) is 0 Å². The summed E-state index contributed by atoms with van der Waals surface area (Å²) in [7, 11) is 0. The molecular weight excluding hydrogens is 324 g/mol. The van der Waals surface area contributed by atoms with E-state index in [0.29, 0.717) is 29.0 Å². The van der Waals surface area contributed by atoms with Gasteiger partial charge in [0, 0.05) is 24.7 Å². The van der Waals surface area contributed by atoms with Crippen LogP contribution in [0.4, 0.5) is 0 Å². The summed E-state index contributed by atoms with van der Waals surface area (Å²) in [6, 6.07) is 0. The molecule has 0 aromatic rings. The predicted octanol–water partition coefficient (Wildman–Crippen LogP) is 5.17. The van der Waals surface area contributed by atoms with Crippen molar-refractivity contribution in [3.8, 4) is 0 Å². The van der Waals surface area contributed by atoms with Gasteiger partial charge >= 0.3 is 5.97 Å². The largest absolute Gasteiger partial charge is 0.463 e. The predicted molar refractivity (Wildman–Crippen MR) is 101 cm³/mol. The Kier molecular flexibility index (Phi) is 4.51. The Morgan fingerprint density at radius 1 is 1.08 bits per heavy atom. The topological polar surface area (TPSA) is 43.4 Å². The minimum atomic E-state index is -0.284. The Hall–Kier alpha value is -0.860. The number of rotatable bonds is 2. The molecule has 0 unspecified atom stereocenters. The Bertz CT molecular complexity index is 598. The number of ketones is 1. The van der Waals surface area contributed by atoms with Gasteiger partial charge in [0.05, 0.1) is 0 Å². The van der Waals surface area contributed by atoms with Crippen LogP contribution in [0.5, 0.6) is 0 Å². The van der Waals surface area contributed by atoms with Crippen molar-refractivity contribution in [3.63, 3.8) is 0 Å². The zero-order chi connectivity index (χ0) is 18.7. The maximum absolute atomic E-state index is 13.5. The number of carbonyl (C=O) groups excluding carboxylic acids is 2. The summed E-state index contributed by atoms with van der Waals surface area (Å²) in [5.41, 5.74) is 0.103. The van der Waals surface area contributed by atoms with Crippen LogP contribution in [-0.2, 0) is 14.3 Å². The van der Waals surface area contributed by atoms with E-state index in [1.807, 2.05) is 6.92 Å². The lowest BCUT2D eigenvalue weighted by molar-refractivity contribution is -0.165. The molecule has 3 heteroatoms. The molecule has 4 rings (SSSR count). The first-order valence-corrected chi connectivity index (χ1v) is 11.0. The number of Topliss-reactive ketones (excluding diaryl/α,β-unsaturated/α-hetero) is 1. The van der Waals surface area contributed by atoms with Gasteiger partial charge in [-0.15, -0.1) is 0 Å². The molecule has 0 saturated heterocycles. The number of hydrogen-bond acceptors (Lipinski definition) is 3. The normalized spacial score (nSPS) is 48.9. The van der Waals surface area contributed by atoms with E-state index < -0.39 is 0 Å². The van der Waals surface area contributed by atoms with E-state index >= 15 is 0 Å². The van der Waals surface area contributed by atoms with Crippen molar-refractivity contribution in [1.29, 1.82) is 0 Å². The number of fused-ring (bicyclic) bond motifs is 5. The molecule has 0 aliphatic heterocycles. The molecule has 0 N–H and O–H groups in total. The third-order valence-corrected chi connectivity index (χ3v) is 9.43. The number of hydrogen-bond donors (Lipinski definition) is 0. The van der Waals surface area contributed by atoms with Gasteiger partial charge in [-0.05, 0) is 74.5 Å². The lowest BCUT2D eigenvalue weighted by Crippen LogP contribution is -2.57. The van der Waals surface area contributed by atoms with Crippen LogP contribution in [0.2, 0.25) is 0 Å². The molecule has 0 bridgehead atoms. The average Bonchev–Trinajstić information content (AvgIpc) is 2.94. The summed E-state index contributed by atoms with van der Waals surface area (Å²) >= 11 is 0. The van der Waals surface area contributed by atoms with Gasteiger partial charge in [-0.25, -0.2) is 0 Å². The van der Waals surface area contributed by atoms with Crippen LogP contribution in [0.1, 0.15) is 85.5 Å². The summed E-state index contributed by atoms with van der Waals surface area (Å²) in [4.78, 5) is 25.0. The Morgan fingerprint density at radius 3 is 2.58 bits per heavy atom. The maximum Gasteiger partial charge on any atom is 0.302 e. The molecule has 0 radical (unpaired) electrons. The van der Waals surface area contributed by atoms with Crippen molar-refractivity contribution >= 4 is 11.8 Å². The van der Waals surface area contributed by atoms with Gasteiger partial charge in [0.15, 0.2) is 0 Å². The van der Waals surface area contributed by atoms with Crippen molar-refractivity contribution in [2.45, 2.75) is 91.6 Å². The van der Waals surface area contributed by atoms with Crippen LogP contribution in [0.3, 0.4) is 0 Å². The minimum Gasteiger partial charge on any atom is -0.463 e. The average molecular weight is 361 g/mol. The third kappa shape index (κ3) is 2.52.